The first-order chi connectivity index (χ1) is 19.5. The topological polar surface area (TPSA) is 152 Å². The number of nitrogen functional groups attached to an aromatic ring is 1. The molecule has 1 aromatic heterocycles. The van der Waals surface area contributed by atoms with Crippen LogP contribution >= 0.6 is 0 Å². The minimum Gasteiger partial charge on any atom is -0.399 e. The molecule has 0 bridgehead atoms. The van der Waals surface area contributed by atoms with E-state index in [2.05, 4.69) is 28.8 Å². The van der Waals surface area contributed by atoms with Gasteiger partial charge in [-0.25, -0.2) is 18.4 Å². The number of fused-ring (bicyclic) bond motifs is 1. The number of sulfonamides is 1. The number of anilines is 2. The van der Waals surface area contributed by atoms with Crippen molar-refractivity contribution >= 4 is 42.7 Å². The van der Waals surface area contributed by atoms with Crippen LogP contribution in [-0.4, -0.2) is 31.4 Å². The Morgan fingerprint density at radius 3 is 2.24 bits per heavy atom. The lowest BCUT2D eigenvalue weighted by Gasteiger charge is -2.16. The molecule has 0 aliphatic rings. The molecule has 0 fully saturated rings. The SMILES string of the molecule is CC(CCc1cccc2nc(NS(=O)(=O)c3ccc(N)cc3)c(-c3cccc(S(=O)(=O)O)c3)nc12)c1ccccc1. The van der Waals surface area contributed by atoms with Crippen LogP contribution in [-0.2, 0) is 26.6 Å². The number of benzene rings is 4. The van der Waals surface area contributed by atoms with E-state index in [0.29, 0.717) is 23.1 Å². The third-order valence-electron chi connectivity index (χ3n) is 6.82. The van der Waals surface area contributed by atoms with Crippen molar-refractivity contribution in [2.45, 2.75) is 35.5 Å². The van der Waals surface area contributed by atoms with E-state index in [9.17, 15) is 21.4 Å². The molecule has 1 unspecified atom stereocenters. The van der Waals surface area contributed by atoms with Crippen molar-refractivity contribution in [3.8, 4) is 11.3 Å². The fraction of sp³-hybridized carbons (Fsp3) is 0.133. The number of aromatic nitrogens is 2. The molecule has 4 N–H and O–H groups in total. The number of hydrogen-bond acceptors (Lipinski definition) is 7. The van der Waals surface area contributed by atoms with Gasteiger partial charge in [-0.3, -0.25) is 9.27 Å². The standard InChI is InChI=1S/C30H28N4O5S2/c1-20(21-7-3-2-4-8-21)13-14-22-9-6-12-27-28(22)33-29(23-10-5-11-26(19-23)41(37,38)39)30(32-27)34-40(35,36)25-17-15-24(31)16-18-25/h2-12,15-20H,13-14,31H2,1H3,(H,32,34)(H,37,38,39). The third kappa shape index (κ3) is 6.37. The lowest BCUT2D eigenvalue weighted by atomic mass is 9.93. The van der Waals surface area contributed by atoms with E-state index in [1.807, 2.05) is 30.3 Å². The zero-order valence-electron chi connectivity index (χ0n) is 22.1. The highest BCUT2D eigenvalue weighted by Crippen LogP contribution is 2.32. The van der Waals surface area contributed by atoms with Crippen LogP contribution in [0.2, 0.25) is 0 Å². The molecule has 5 rings (SSSR count). The summed E-state index contributed by atoms with van der Waals surface area (Å²) in [5.74, 6) is 0.202. The van der Waals surface area contributed by atoms with E-state index in [0.717, 1.165) is 12.0 Å². The monoisotopic (exact) mass is 588 g/mol. The molecule has 1 heterocycles. The highest BCUT2D eigenvalue weighted by atomic mass is 32.2. The lowest BCUT2D eigenvalue weighted by molar-refractivity contribution is 0.483. The Labute approximate surface area is 238 Å². The Hall–Kier alpha value is -4.32. The Balaban J connectivity index is 1.61. The maximum atomic E-state index is 13.3. The number of rotatable bonds is 9. The van der Waals surface area contributed by atoms with Crippen molar-refractivity contribution in [1.29, 1.82) is 0 Å². The van der Waals surface area contributed by atoms with Gasteiger partial charge in [0.2, 0.25) is 0 Å². The van der Waals surface area contributed by atoms with Gasteiger partial charge in [0.25, 0.3) is 20.1 Å². The summed E-state index contributed by atoms with van der Waals surface area (Å²) in [6, 6.07) is 26.9. The number of hydrogen-bond donors (Lipinski definition) is 3. The maximum Gasteiger partial charge on any atom is 0.294 e. The Morgan fingerprint density at radius 1 is 0.829 bits per heavy atom. The Morgan fingerprint density at radius 2 is 1.54 bits per heavy atom. The summed E-state index contributed by atoms with van der Waals surface area (Å²) in [4.78, 5) is 9.07. The molecule has 11 heteroatoms. The van der Waals surface area contributed by atoms with Crippen molar-refractivity contribution in [1.82, 2.24) is 9.97 Å². The first-order valence-corrected chi connectivity index (χ1v) is 15.7. The van der Waals surface area contributed by atoms with Gasteiger partial charge in [0.1, 0.15) is 5.69 Å². The zero-order valence-corrected chi connectivity index (χ0v) is 23.7. The summed E-state index contributed by atoms with van der Waals surface area (Å²) >= 11 is 0. The number of para-hydroxylation sites is 1. The first-order valence-electron chi connectivity index (χ1n) is 12.8. The van der Waals surface area contributed by atoms with Gasteiger partial charge < -0.3 is 5.73 Å². The molecule has 5 aromatic rings. The van der Waals surface area contributed by atoms with Crippen LogP contribution in [0.5, 0.6) is 0 Å². The number of aryl methyl sites for hydroxylation is 1. The Bertz CT molecular complexity index is 1930. The fourth-order valence-electron chi connectivity index (χ4n) is 4.57. The van der Waals surface area contributed by atoms with Crippen molar-refractivity contribution in [2.75, 3.05) is 10.5 Å². The second-order valence-corrected chi connectivity index (χ2v) is 12.8. The van der Waals surface area contributed by atoms with Crippen LogP contribution < -0.4 is 10.5 Å². The summed E-state index contributed by atoms with van der Waals surface area (Å²) in [5, 5.41) is 0. The first kappa shape index (κ1) is 28.2. The van der Waals surface area contributed by atoms with Crippen LogP contribution in [0.3, 0.4) is 0 Å². The minimum absolute atomic E-state index is 0.0325. The molecule has 0 amide bonds. The molecule has 0 spiro atoms. The van der Waals surface area contributed by atoms with Gasteiger partial charge in [-0.05, 0) is 72.4 Å². The molecule has 1 atom stereocenters. The summed E-state index contributed by atoms with van der Waals surface area (Å²) < 4.78 is 62.5. The second kappa shape index (κ2) is 11.3. The van der Waals surface area contributed by atoms with Crippen LogP contribution in [0.4, 0.5) is 11.5 Å². The van der Waals surface area contributed by atoms with E-state index < -0.39 is 20.1 Å². The molecule has 0 aliphatic heterocycles. The average Bonchev–Trinajstić information content (AvgIpc) is 2.95. The smallest absolute Gasteiger partial charge is 0.294 e. The van der Waals surface area contributed by atoms with E-state index in [1.54, 1.807) is 12.1 Å². The van der Waals surface area contributed by atoms with Gasteiger partial charge in [0, 0.05) is 11.3 Å². The maximum absolute atomic E-state index is 13.3. The lowest BCUT2D eigenvalue weighted by Crippen LogP contribution is -2.15. The third-order valence-corrected chi connectivity index (χ3v) is 9.03. The van der Waals surface area contributed by atoms with E-state index in [1.165, 1.54) is 48.0 Å². The minimum atomic E-state index is -4.52. The highest BCUT2D eigenvalue weighted by molar-refractivity contribution is 7.92. The summed E-state index contributed by atoms with van der Waals surface area (Å²) in [5.41, 5.74) is 9.68. The van der Waals surface area contributed by atoms with Crippen molar-refractivity contribution in [3.63, 3.8) is 0 Å². The quantitative estimate of drug-likeness (QED) is 0.147. The molecule has 210 valence electrons. The van der Waals surface area contributed by atoms with Gasteiger partial charge >= 0.3 is 0 Å². The normalized spacial score (nSPS) is 12.7. The van der Waals surface area contributed by atoms with Crippen LogP contribution in [0.1, 0.15) is 30.4 Å². The van der Waals surface area contributed by atoms with Crippen molar-refractivity contribution in [2.24, 2.45) is 0 Å². The molecule has 0 saturated heterocycles. The van der Waals surface area contributed by atoms with E-state index >= 15 is 0 Å². The van der Waals surface area contributed by atoms with Crippen LogP contribution in [0.25, 0.3) is 22.3 Å². The van der Waals surface area contributed by atoms with Gasteiger partial charge in [-0.1, -0.05) is 61.5 Å². The van der Waals surface area contributed by atoms with Crippen molar-refractivity contribution < 1.29 is 21.4 Å². The predicted molar refractivity (Wildman–Crippen MR) is 160 cm³/mol. The molecule has 0 saturated carbocycles. The van der Waals surface area contributed by atoms with Gasteiger partial charge in [-0.2, -0.15) is 8.42 Å². The molecular weight excluding hydrogens is 560 g/mol. The second-order valence-electron chi connectivity index (χ2n) is 9.73. The molecular formula is C30H28N4O5S2. The van der Waals surface area contributed by atoms with E-state index in [-0.39, 0.29) is 32.8 Å². The van der Waals surface area contributed by atoms with Gasteiger partial charge in [-0.15, -0.1) is 0 Å². The van der Waals surface area contributed by atoms with Crippen LogP contribution in [0, 0.1) is 0 Å². The average molecular weight is 589 g/mol. The predicted octanol–water partition coefficient (Wildman–Crippen LogP) is 5.66. The molecule has 41 heavy (non-hydrogen) atoms. The van der Waals surface area contributed by atoms with E-state index in [4.69, 9.17) is 10.7 Å². The van der Waals surface area contributed by atoms with Crippen LogP contribution in [0.15, 0.2) is 107 Å². The summed E-state index contributed by atoms with van der Waals surface area (Å²) in [6.07, 6.45) is 1.52. The fourth-order valence-corrected chi connectivity index (χ4v) is 6.10. The number of nitrogens with zero attached hydrogens (tertiary/aromatic N) is 2. The number of nitrogens with two attached hydrogens (primary N) is 1. The molecule has 0 radical (unpaired) electrons. The summed E-state index contributed by atoms with van der Waals surface area (Å²) in [6.45, 7) is 2.16. The molecule has 4 aromatic carbocycles. The number of nitrogens with one attached hydrogen (secondary N) is 1. The Kier molecular flexibility index (Phi) is 7.76. The van der Waals surface area contributed by atoms with Gasteiger partial charge in [0.05, 0.1) is 20.8 Å². The van der Waals surface area contributed by atoms with Crippen molar-refractivity contribution in [3.05, 3.63) is 108 Å². The zero-order chi connectivity index (χ0) is 29.2. The molecule has 9 nitrogen and oxygen atoms in total. The molecule has 0 aliphatic carbocycles. The van der Waals surface area contributed by atoms with Gasteiger partial charge in [0.15, 0.2) is 5.82 Å². The summed E-state index contributed by atoms with van der Waals surface area (Å²) in [7, 11) is -8.63. The highest BCUT2D eigenvalue weighted by Gasteiger charge is 2.22. The largest absolute Gasteiger partial charge is 0.399 e.